The largest absolute Gasteiger partial charge is 0.310 e. The Hall–Kier alpha value is -0.980. The van der Waals surface area contributed by atoms with Crippen molar-refractivity contribution in [2.45, 2.75) is 44.2 Å². The van der Waals surface area contributed by atoms with E-state index < -0.39 is 15.8 Å². The molecule has 1 aromatic carbocycles. The van der Waals surface area contributed by atoms with Crippen LogP contribution in [0, 0.1) is 11.7 Å². The maximum absolute atomic E-state index is 13.4. The Bertz CT molecular complexity index is 569. The first-order chi connectivity index (χ1) is 9.38. The minimum atomic E-state index is -3.65. The summed E-state index contributed by atoms with van der Waals surface area (Å²) in [5, 5.41) is 3.16. The molecule has 1 aromatic rings. The fraction of sp³-hybridized carbons (Fsp3) is 0.571. The van der Waals surface area contributed by atoms with E-state index in [2.05, 4.69) is 10.0 Å². The van der Waals surface area contributed by atoms with Crippen molar-refractivity contribution < 1.29 is 12.8 Å². The van der Waals surface area contributed by atoms with E-state index in [0.29, 0.717) is 24.6 Å². The van der Waals surface area contributed by atoms with Crippen molar-refractivity contribution in [3.63, 3.8) is 0 Å². The zero-order valence-electron chi connectivity index (χ0n) is 11.8. The fourth-order valence-electron chi connectivity index (χ4n) is 1.87. The first-order valence-corrected chi connectivity index (χ1v) is 8.38. The predicted octanol–water partition coefficient (Wildman–Crippen LogP) is 2.01. The van der Waals surface area contributed by atoms with Gasteiger partial charge < -0.3 is 5.32 Å². The van der Waals surface area contributed by atoms with Gasteiger partial charge in [0.2, 0.25) is 10.0 Å². The number of nitrogens with one attached hydrogen (secondary N) is 2. The summed E-state index contributed by atoms with van der Waals surface area (Å²) in [4.78, 5) is 0.0336. The van der Waals surface area contributed by atoms with Crippen LogP contribution in [0.1, 0.15) is 32.3 Å². The first-order valence-electron chi connectivity index (χ1n) is 6.90. The van der Waals surface area contributed by atoms with Gasteiger partial charge in [-0.05, 0) is 36.5 Å². The van der Waals surface area contributed by atoms with Gasteiger partial charge in [0.05, 0.1) is 4.90 Å². The molecule has 2 N–H and O–H groups in total. The number of hydrogen-bond acceptors (Lipinski definition) is 3. The second kappa shape index (κ2) is 6.20. The third-order valence-corrected chi connectivity index (χ3v) is 4.78. The van der Waals surface area contributed by atoms with Crippen molar-refractivity contribution in [1.82, 2.24) is 10.0 Å². The van der Waals surface area contributed by atoms with Gasteiger partial charge in [-0.1, -0.05) is 19.9 Å². The molecule has 0 radical (unpaired) electrons. The maximum atomic E-state index is 13.4. The summed E-state index contributed by atoms with van der Waals surface area (Å²) in [5.74, 6) is -0.0966. The Kier molecular flexibility index (Phi) is 4.78. The maximum Gasteiger partial charge on any atom is 0.241 e. The van der Waals surface area contributed by atoms with Crippen LogP contribution in [0.2, 0.25) is 0 Å². The molecule has 6 heteroatoms. The highest BCUT2D eigenvalue weighted by Crippen LogP contribution is 2.28. The minimum Gasteiger partial charge on any atom is -0.310 e. The smallest absolute Gasteiger partial charge is 0.241 e. The van der Waals surface area contributed by atoms with Crippen molar-refractivity contribution >= 4 is 10.0 Å². The molecule has 20 heavy (non-hydrogen) atoms. The molecule has 1 fully saturated rings. The monoisotopic (exact) mass is 300 g/mol. The lowest BCUT2D eigenvalue weighted by atomic mass is 10.2. The third-order valence-electron chi connectivity index (χ3n) is 3.28. The van der Waals surface area contributed by atoms with Crippen LogP contribution in [0.3, 0.4) is 0 Å². The van der Waals surface area contributed by atoms with E-state index in [1.807, 2.05) is 13.8 Å². The van der Waals surface area contributed by atoms with Gasteiger partial charge in [-0.15, -0.1) is 0 Å². The highest BCUT2D eigenvalue weighted by molar-refractivity contribution is 7.89. The van der Waals surface area contributed by atoms with Crippen molar-refractivity contribution in [1.29, 1.82) is 0 Å². The molecule has 0 aliphatic heterocycles. The zero-order valence-corrected chi connectivity index (χ0v) is 12.6. The lowest BCUT2D eigenvalue weighted by Crippen LogP contribution is -2.29. The highest BCUT2D eigenvalue weighted by Gasteiger charge is 2.25. The molecular formula is C14H21FN2O2S. The average molecular weight is 300 g/mol. The van der Waals surface area contributed by atoms with Crippen molar-refractivity contribution in [2.24, 2.45) is 5.92 Å². The molecule has 0 unspecified atom stereocenters. The zero-order chi connectivity index (χ0) is 14.8. The van der Waals surface area contributed by atoms with Gasteiger partial charge in [0, 0.05) is 19.1 Å². The number of sulfonamides is 1. The van der Waals surface area contributed by atoms with Gasteiger partial charge in [-0.25, -0.2) is 17.5 Å². The van der Waals surface area contributed by atoms with E-state index in [9.17, 15) is 12.8 Å². The standard InChI is InChI=1S/C14H21FN2O2S/c1-10(2)16-9-12-5-6-13(15)7-14(12)20(18,19)17-8-11-3-4-11/h5-7,10-11,16-17H,3-4,8-9H2,1-2H3. The molecule has 2 rings (SSSR count). The molecule has 112 valence electrons. The van der Waals surface area contributed by atoms with Crippen LogP contribution >= 0.6 is 0 Å². The molecule has 0 spiro atoms. The molecule has 0 atom stereocenters. The molecule has 0 aromatic heterocycles. The van der Waals surface area contributed by atoms with Crippen LogP contribution in [0.15, 0.2) is 23.1 Å². The molecule has 0 bridgehead atoms. The Balaban J connectivity index is 2.20. The number of rotatable bonds is 7. The van der Waals surface area contributed by atoms with Gasteiger partial charge in [-0.2, -0.15) is 0 Å². The van der Waals surface area contributed by atoms with E-state index in [1.165, 1.54) is 12.1 Å². The van der Waals surface area contributed by atoms with E-state index in [1.54, 1.807) is 0 Å². The second-order valence-electron chi connectivity index (χ2n) is 5.58. The molecule has 0 heterocycles. The van der Waals surface area contributed by atoms with Gasteiger partial charge in [0.1, 0.15) is 5.82 Å². The van der Waals surface area contributed by atoms with Crippen molar-refractivity contribution in [3.8, 4) is 0 Å². The van der Waals surface area contributed by atoms with Crippen molar-refractivity contribution in [2.75, 3.05) is 6.54 Å². The molecule has 1 aliphatic carbocycles. The van der Waals surface area contributed by atoms with E-state index in [0.717, 1.165) is 18.9 Å². The molecular weight excluding hydrogens is 279 g/mol. The number of hydrogen-bond donors (Lipinski definition) is 2. The van der Waals surface area contributed by atoms with Crippen LogP contribution in [-0.2, 0) is 16.6 Å². The fourth-order valence-corrected chi connectivity index (χ4v) is 3.23. The van der Waals surface area contributed by atoms with Gasteiger partial charge in [0.15, 0.2) is 0 Å². The summed E-state index contributed by atoms with van der Waals surface area (Å²) < 4.78 is 40.5. The van der Waals surface area contributed by atoms with Gasteiger partial charge in [0.25, 0.3) is 0 Å². The summed E-state index contributed by atoms with van der Waals surface area (Å²) in [6.45, 7) is 4.79. The van der Waals surface area contributed by atoms with Crippen LogP contribution in [-0.4, -0.2) is 21.0 Å². The molecule has 4 nitrogen and oxygen atoms in total. The minimum absolute atomic E-state index is 0.0336. The average Bonchev–Trinajstić information content (AvgIpc) is 3.19. The van der Waals surface area contributed by atoms with Crippen molar-refractivity contribution in [3.05, 3.63) is 29.6 Å². The SMILES string of the molecule is CC(C)NCc1ccc(F)cc1S(=O)(=O)NCC1CC1. The summed E-state index contributed by atoms with van der Waals surface area (Å²) in [5.41, 5.74) is 0.586. The van der Waals surface area contributed by atoms with Crippen LogP contribution < -0.4 is 10.0 Å². The van der Waals surface area contributed by atoms with Crippen LogP contribution in [0.25, 0.3) is 0 Å². The van der Waals surface area contributed by atoms with Gasteiger partial charge >= 0.3 is 0 Å². The first kappa shape index (κ1) is 15.4. The highest BCUT2D eigenvalue weighted by atomic mass is 32.2. The summed E-state index contributed by atoms with van der Waals surface area (Å²) in [6.07, 6.45) is 2.13. The molecule has 0 amide bonds. The summed E-state index contributed by atoms with van der Waals surface area (Å²) in [7, 11) is -3.65. The van der Waals surface area contributed by atoms with Crippen LogP contribution in [0.4, 0.5) is 4.39 Å². The molecule has 1 aliphatic rings. The van der Waals surface area contributed by atoms with Crippen LogP contribution in [0.5, 0.6) is 0 Å². The topological polar surface area (TPSA) is 58.2 Å². The number of benzene rings is 1. The Morgan fingerprint density at radius 1 is 1.35 bits per heavy atom. The molecule has 1 saturated carbocycles. The number of halogens is 1. The summed E-state index contributed by atoms with van der Waals surface area (Å²) >= 11 is 0. The quantitative estimate of drug-likeness (QED) is 0.810. The third kappa shape index (κ3) is 4.26. The predicted molar refractivity (Wildman–Crippen MR) is 76.3 cm³/mol. The normalized spacial score (nSPS) is 15.8. The Labute approximate surface area is 119 Å². The lowest BCUT2D eigenvalue weighted by Gasteiger charge is -2.14. The summed E-state index contributed by atoms with van der Waals surface area (Å²) in [6, 6.07) is 4.13. The van der Waals surface area contributed by atoms with Gasteiger partial charge in [-0.3, -0.25) is 0 Å². The Morgan fingerprint density at radius 3 is 2.65 bits per heavy atom. The second-order valence-corrected chi connectivity index (χ2v) is 7.32. The lowest BCUT2D eigenvalue weighted by molar-refractivity contribution is 0.560. The molecule has 0 saturated heterocycles. The van der Waals surface area contributed by atoms with E-state index >= 15 is 0 Å². The Morgan fingerprint density at radius 2 is 2.05 bits per heavy atom. The van der Waals surface area contributed by atoms with E-state index in [4.69, 9.17) is 0 Å². The van der Waals surface area contributed by atoms with E-state index in [-0.39, 0.29) is 10.9 Å².